The Labute approximate surface area is 352 Å². The minimum atomic E-state index is -1.41. The van der Waals surface area contributed by atoms with Crippen LogP contribution in [0.2, 0.25) is 0 Å². The number of aliphatic hydroxyl groups is 2. The van der Waals surface area contributed by atoms with Crippen molar-refractivity contribution in [3.05, 3.63) is 95.6 Å². The Bertz CT molecular complexity index is 1750. The molecule has 0 aliphatic rings. The van der Waals surface area contributed by atoms with E-state index >= 15 is 0 Å². The van der Waals surface area contributed by atoms with E-state index in [1.807, 2.05) is 52.0 Å². The van der Waals surface area contributed by atoms with Gasteiger partial charge >= 0.3 is 59.1 Å². The number of hydrogen-bond acceptors (Lipinski definition) is 8. The van der Waals surface area contributed by atoms with E-state index in [4.69, 9.17) is 4.74 Å². The largest absolute Gasteiger partial charge is 1.00 e. The Morgan fingerprint density at radius 2 is 1.22 bits per heavy atom. The third-order valence-corrected chi connectivity index (χ3v) is 10.3. The van der Waals surface area contributed by atoms with E-state index in [-0.39, 0.29) is 101 Å². The van der Waals surface area contributed by atoms with Gasteiger partial charge in [-0.05, 0) is 96.5 Å². The molecule has 262 valence electrons. The standard InChI is InChI=1S/C39H44F2O6S2.2Na/c1-22(2)32-17-30(19-34(37(32)46)24-7-11-26(40)12-8-24)48-39(5,6)49-31-18-33(23(3)4)38(35(20-31)25-9-13-27(41)14-10-25)47-21-29(43)15-28(42)16-36(44)45;;/h7-14,17-20,22-23,28-29,42-43,46H,15-16,21H2,1-6H3,(H,44,45);;/q;2*+1/p-2/t28-,29?;;/m1../s1. The number of carbonyl (C=O) groups is 1. The molecular formula is C39H42F2Na2O6S2. The van der Waals surface area contributed by atoms with Gasteiger partial charge in [-0.2, -0.15) is 0 Å². The fraction of sp³-hybridized carbons (Fsp3) is 0.359. The van der Waals surface area contributed by atoms with E-state index in [0.29, 0.717) is 33.6 Å². The molecule has 0 fully saturated rings. The predicted molar refractivity (Wildman–Crippen MR) is 189 cm³/mol. The fourth-order valence-electron chi connectivity index (χ4n) is 5.50. The summed E-state index contributed by atoms with van der Waals surface area (Å²) >= 11 is 3.22. The third kappa shape index (κ3) is 13.1. The molecule has 2 N–H and O–H groups in total. The van der Waals surface area contributed by atoms with Crippen LogP contribution in [0.5, 0.6) is 11.5 Å². The van der Waals surface area contributed by atoms with Crippen molar-refractivity contribution in [2.24, 2.45) is 0 Å². The molecular weight excluding hydrogens is 713 g/mol. The molecule has 6 nitrogen and oxygen atoms in total. The first-order chi connectivity index (χ1) is 23.0. The molecule has 1 unspecified atom stereocenters. The molecule has 0 aromatic heterocycles. The van der Waals surface area contributed by atoms with E-state index < -0.39 is 28.7 Å². The maximum Gasteiger partial charge on any atom is 1.00 e. The average Bonchev–Trinajstić information content (AvgIpc) is 3.00. The molecule has 0 aliphatic carbocycles. The van der Waals surface area contributed by atoms with Gasteiger partial charge in [-0.15, -0.1) is 23.5 Å². The van der Waals surface area contributed by atoms with Gasteiger partial charge in [-0.25, -0.2) is 8.78 Å². The van der Waals surface area contributed by atoms with Crippen molar-refractivity contribution in [1.29, 1.82) is 0 Å². The number of carboxylic acid groups (broad SMARTS) is 1. The second kappa shape index (κ2) is 20.2. The Balaban J connectivity index is 0.00000451. The number of carbonyl (C=O) groups excluding carboxylic acids is 1. The first kappa shape index (κ1) is 45.6. The number of aliphatic hydroxyl groups excluding tert-OH is 2. The molecule has 2 atom stereocenters. The van der Waals surface area contributed by atoms with Crippen molar-refractivity contribution in [2.75, 3.05) is 6.61 Å². The van der Waals surface area contributed by atoms with Crippen molar-refractivity contribution in [3.63, 3.8) is 0 Å². The van der Waals surface area contributed by atoms with Crippen LogP contribution in [0.3, 0.4) is 0 Å². The van der Waals surface area contributed by atoms with Crippen LogP contribution in [0.15, 0.2) is 82.6 Å². The molecule has 0 bridgehead atoms. The Kier molecular flexibility index (Phi) is 18.1. The second-order valence-corrected chi connectivity index (χ2v) is 16.8. The fourth-order valence-corrected chi connectivity index (χ4v) is 8.10. The van der Waals surface area contributed by atoms with Crippen molar-refractivity contribution >= 4 is 29.5 Å². The molecule has 4 rings (SSSR count). The number of carboxylic acids is 1. The normalized spacial score (nSPS) is 12.6. The molecule has 0 amide bonds. The van der Waals surface area contributed by atoms with Gasteiger partial charge < -0.3 is 30.0 Å². The summed E-state index contributed by atoms with van der Waals surface area (Å²) in [6.45, 7) is 12.0. The summed E-state index contributed by atoms with van der Waals surface area (Å²) in [5.74, 6) is -1.77. The molecule has 0 radical (unpaired) electrons. The zero-order chi connectivity index (χ0) is 36.0. The van der Waals surface area contributed by atoms with E-state index in [2.05, 4.69) is 13.8 Å². The number of rotatable bonds is 15. The average molecular weight is 755 g/mol. The Hall–Kier alpha value is -1.57. The summed E-state index contributed by atoms with van der Waals surface area (Å²) in [5.41, 5.74) is 4.10. The minimum Gasteiger partial charge on any atom is -0.872 e. The van der Waals surface area contributed by atoms with Gasteiger partial charge in [-0.1, -0.05) is 63.3 Å². The van der Waals surface area contributed by atoms with Gasteiger partial charge in [0, 0.05) is 34.2 Å². The van der Waals surface area contributed by atoms with Crippen molar-refractivity contribution < 1.29 is 97.9 Å². The summed E-state index contributed by atoms with van der Waals surface area (Å²) in [6, 6.07) is 19.8. The maximum absolute atomic E-state index is 14.0. The van der Waals surface area contributed by atoms with Gasteiger partial charge in [0.05, 0.1) is 16.3 Å². The van der Waals surface area contributed by atoms with E-state index in [9.17, 15) is 34.0 Å². The van der Waals surface area contributed by atoms with Crippen LogP contribution < -0.4 is 74.1 Å². The summed E-state index contributed by atoms with van der Waals surface area (Å²) in [4.78, 5) is 12.7. The Morgan fingerprint density at radius 1 is 0.765 bits per heavy atom. The molecule has 12 heteroatoms. The monoisotopic (exact) mass is 754 g/mol. The number of thioether (sulfide) groups is 2. The molecule has 51 heavy (non-hydrogen) atoms. The van der Waals surface area contributed by atoms with Gasteiger partial charge in [0.25, 0.3) is 0 Å². The molecule has 0 heterocycles. The van der Waals surface area contributed by atoms with Crippen LogP contribution in [0.25, 0.3) is 22.3 Å². The summed E-state index contributed by atoms with van der Waals surface area (Å²) in [7, 11) is 0. The van der Waals surface area contributed by atoms with Crippen molar-refractivity contribution in [3.8, 4) is 33.8 Å². The van der Waals surface area contributed by atoms with Crippen LogP contribution in [0.4, 0.5) is 8.78 Å². The van der Waals surface area contributed by atoms with Gasteiger partial charge in [0.1, 0.15) is 24.0 Å². The number of aliphatic carboxylic acids is 1. The number of benzene rings is 4. The van der Waals surface area contributed by atoms with Crippen LogP contribution in [0, 0.1) is 11.6 Å². The number of hydrogen-bond donors (Lipinski definition) is 2. The number of ether oxygens (including phenoxy) is 1. The van der Waals surface area contributed by atoms with E-state index in [1.54, 1.807) is 47.8 Å². The molecule has 4 aromatic carbocycles. The minimum absolute atomic E-state index is 0. The Morgan fingerprint density at radius 3 is 1.69 bits per heavy atom. The first-order valence-corrected chi connectivity index (χ1v) is 17.8. The topological polar surface area (TPSA) is 113 Å². The molecule has 0 spiro atoms. The van der Waals surface area contributed by atoms with Crippen LogP contribution in [0.1, 0.15) is 77.3 Å². The number of halogens is 2. The first-order valence-electron chi connectivity index (χ1n) is 16.1. The van der Waals surface area contributed by atoms with Crippen molar-refractivity contribution in [1.82, 2.24) is 0 Å². The third-order valence-electron chi connectivity index (χ3n) is 7.83. The van der Waals surface area contributed by atoms with E-state index in [1.165, 1.54) is 24.3 Å². The van der Waals surface area contributed by atoms with Gasteiger partial charge in [0.15, 0.2) is 0 Å². The van der Waals surface area contributed by atoms with Gasteiger partial charge in [0.2, 0.25) is 0 Å². The SMILES string of the molecule is CC(C)c1cc(SC(C)(C)Sc2cc(-c3ccc(F)cc3)c(OCC(O)C[C@@H](O)CC(=O)[O-])c(C(C)C)c2)cc(-c2ccc(F)cc2)c1[O-].[Na+].[Na+]. The zero-order valence-electron chi connectivity index (χ0n) is 30.5. The maximum atomic E-state index is 14.0. The molecule has 0 saturated heterocycles. The second-order valence-electron chi connectivity index (χ2n) is 13.1. The van der Waals surface area contributed by atoms with Crippen LogP contribution >= 0.6 is 23.5 Å². The van der Waals surface area contributed by atoms with Crippen LogP contribution in [-0.2, 0) is 4.79 Å². The quantitative estimate of drug-likeness (QED) is 0.108. The van der Waals surface area contributed by atoms with Crippen LogP contribution in [-0.4, -0.2) is 39.1 Å². The molecule has 4 aromatic rings. The molecule has 0 aliphatic heterocycles. The van der Waals surface area contributed by atoms with Crippen molar-refractivity contribution in [2.45, 2.75) is 92.3 Å². The van der Waals surface area contributed by atoms with E-state index in [0.717, 1.165) is 15.4 Å². The summed E-state index contributed by atoms with van der Waals surface area (Å²) < 4.78 is 33.4. The summed E-state index contributed by atoms with van der Waals surface area (Å²) in [6.07, 6.45) is -3.22. The summed E-state index contributed by atoms with van der Waals surface area (Å²) in [5, 5.41) is 44.8. The van der Waals surface area contributed by atoms with Gasteiger partial charge in [-0.3, -0.25) is 0 Å². The predicted octanol–water partition coefficient (Wildman–Crippen LogP) is 1.88. The zero-order valence-corrected chi connectivity index (χ0v) is 36.1. The smallest absolute Gasteiger partial charge is 0.872 e. The molecule has 0 saturated carbocycles.